The summed E-state index contributed by atoms with van der Waals surface area (Å²) in [4.78, 5) is 6.48. The van der Waals surface area contributed by atoms with Crippen molar-refractivity contribution in [2.45, 2.75) is 19.8 Å². The first-order chi connectivity index (χ1) is 4.22. The zero-order valence-electron chi connectivity index (χ0n) is 5.55. The number of H-pyrrole nitrogens is 1. The minimum Gasteiger partial charge on any atom is -0.492 e. The summed E-state index contributed by atoms with van der Waals surface area (Å²) in [5.74, 6) is 0.428. The van der Waals surface area contributed by atoms with Crippen LogP contribution in [0.4, 0.5) is 0 Å². The second-order valence-corrected chi connectivity index (χ2v) is 2.29. The predicted molar refractivity (Wildman–Crippen MR) is 34.3 cm³/mol. The monoisotopic (exact) mass is 126 g/mol. The summed E-state index contributed by atoms with van der Waals surface area (Å²) >= 11 is 0. The molecule has 0 aliphatic carbocycles. The highest BCUT2D eigenvalue weighted by molar-refractivity contribution is 5.18. The van der Waals surface area contributed by atoms with E-state index >= 15 is 0 Å². The third-order valence-corrected chi connectivity index (χ3v) is 1.23. The van der Waals surface area contributed by atoms with Crippen LogP contribution >= 0.6 is 0 Å². The van der Waals surface area contributed by atoms with Gasteiger partial charge in [-0.2, -0.15) is 0 Å². The Hall–Kier alpha value is -0.990. The fourth-order valence-electron chi connectivity index (χ4n) is 0.722. The van der Waals surface area contributed by atoms with Crippen molar-refractivity contribution >= 4 is 0 Å². The fraction of sp³-hybridized carbons (Fsp3) is 0.500. The first-order valence-electron chi connectivity index (χ1n) is 2.94. The Kier molecular flexibility index (Phi) is 1.42. The highest BCUT2D eigenvalue weighted by Crippen LogP contribution is 2.19. The first-order valence-corrected chi connectivity index (χ1v) is 2.94. The number of nitrogens with one attached hydrogen (secondary N) is 1. The Morgan fingerprint density at radius 3 is 2.56 bits per heavy atom. The molecule has 0 bridgehead atoms. The van der Waals surface area contributed by atoms with E-state index in [1.807, 2.05) is 13.8 Å². The van der Waals surface area contributed by atoms with Crippen molar-refractivity contribution in [3.05, 3.63) is 12.0 Å². The van der Waals surface area contributed by atoms with Gasteiger partial charge in [-0.15, -0.1) is 0 Å². The number of hydrogen-bond donors (Lipinski definition) is 2. The molecular weight excluding hydrogens is 116 g/mol. The summed E-state index contributed by atoms with van der Waals surface area (Å²) in [6, 6.07) is 0. The molecule has 0 spiro atoms. The van der Waals surface area contributed by atoms with E-state index in [0.29, 0.717) is 5.92 Å². The molecule has 0 amide bonds. The lowest BCUT2D eigenvalue weighted by molar-refractivity contribution is 0.446. The van der Waals surface area contributed by atoms with Crippen molar-refractivity contribution in [3.8, 4) is 5.88 Å². The minimum absolute atomic E-state index is 0.116. The van der Waals surface area contributed by atoms with Crippen LogP contribution in [0.2, 0.25) is 0 Å². The smallest absolute Gasteiger partial charge is 0.232 e. The largest absolute Gasteiger partial charge is 0.492 e. The van der Waals surface area contributed by atoms with Gasteiger partial charge >= 0.3 is 0 Å². The van der Waals surface area contributed by atoms with Gasteiger partial charge in [-0.05, 0) is 5.92 Å². The molecule has 0 aliphatic heterocycles. The van der Waals surface area contributed by atoms with Crippen molar-refractivity contribution in [2.24, 2.45) is 0 Å². The molecular formula is C6H10N2O. The van der Waals surface area contributed by atoms with Crippen LogP contribution in [0.25, 0.3) is 0 Å². The zero-order chi connectivity index (χ0) is 6.85. The van der Waals surface area contributed by atoms with Gasteiger partial charge in [0.1, 0.15) is 0 Å². The average molecular weight is 126 g/mol. The number of nitrogens with zero attached hydrogens (tertiary/aromatic N) is 1. The number of hydrogen-bond acceptors (Lipinski definition) is 2. The third-order valence-electron chi connectivity index (χ3n) is 1.23. The van der Waals surface area contributed by atoms with Gasteiger partial charge in [-0.3, -0.25) is 0 Å². The second kappa shape index (κ2) is 2.09. The number of aromatic hydroxyl groups is 1. The molecule has 0 aliphatic rings. The predicted octanol–water partition coefficient (Wildman–Crippen LogP) is 1.24. The molecule has 0 radical (unpaired) electrons. The van der Waals surface area contributed by atoms with E-state index < -0.39 is 0 Å². The first kappa shape index (κ1) is 6.13. The molecule has 0 saturated carbocycles. The van der Waals surface area contributed by atoms with Crippen LogP contribution in [0.15, 0.2) is 6.33 Å². The number of aromatic nitrogens is 2. The summed E-state index contributed by atoms with van der Waals surface area (Å²) < 4.78 is 0. The van der Waals surface area contributed by atoms with Crippen LogP contribution < -0.4 is 0 Å². The highest BCUT2D eigenvalue weighted by atomic mass is 16.3. The van der Waals surface area contributed by atoms with Crippen LogP contribution in [0.1, 0.15) is 25.5 Å². The van der Waals surface area contributed by atoms with E-state index in [4.69, 9.17) is 5.11 Å². The van der Waals surface area contributed by atoms with Gasteiger partial charge in [0.15, 0.2) is 0 Å². The Labute approximate surface area is 53.7 Å². The molecule has 3 nitrogen and oxygen atoms in total. The maximum Gasteiger partial charge on any atom is 0.232 e. The topological polar surface area (TPSA) is 48.9 Å². The maximum atomic E-state index is 8.98. The van der Waals surface area contributed by atoms with Gasteiger partial charge in [0, 0.05) is 0 Å². The van der Waals surface area contributed by atoms with Gasteiger partial charge in [0.25, 0.3) is 0 Å². The standard InChI is InChI=1S/C6H10N2O/c1-4(2)5-6(9)8-3-7-5/h3-4,9H,1-2H3,(H,7,8). The molecule has 1 heterocycles. The normalized spacial score (nSPS) is 10.6. The lowest BCUT2D eigenvalue weighted by atomic mass is 10.1. The van der Waals surface area contributed by atoms with Crippen molar-refractivity contribution in [1.29, 1.82) is 0 Å². The highest BCUT2D eigenvalue weighted by Gasteiger charge is 2.05. The van der Waals surface area contributed by atoms with Gasteiger partial charge in [0.2, 0.25) is 5.88 Å². The van der Waals surface area contributed by atoms with E-state index in [2.05, 4.69) is 9.97 Å². The van der Waals surface area contributed by atoms with Crippen LogP contribution in [-0.2, 0) is 0 Å². The van der Waals surface area contributed by atoms with Crippen molar-refractivity contribution < 1.29 is 5.11 Å². The summed E-state index contributed by atoms with van der Waals surface area (Å²) in [5.41, 5.74) is 0.801. The summed E-state index contributed by atoms with van der Waals surface area (Å²) in [6.45, 7) is 3.99. The van der Waals surface area contributed by atoms with Gasteiger partial charge in [0.05, 0.1) is 12.0 Å². The molecule has 0 aromatic carbocycles. The molecule has 0 saturated heterocycles. The third kappa shape index (κ3) is 1.04. The van der Waals surface area contributed by atoms with Gasteiger partial charge in [-0.25, -0.2) is 4.98 Å². The lowest BCUT2D eigenvalue weighted by Crippen LogP contribution is -1.85. The zero-order valence-corrected chi connectivity index (χ0v) is 5.55. The number of aromatic amines is 1. The van der Waals surface area contributed by atoms with E-state index in [9.17, 15) is 0 Å². The maximum absolute atomic E-state index is 8.98. The summed E-state index contributed by atoms with van der Waals surface area (Å²) in [5, 5.41) is 8.98. The molecule has 1 aromatic heterocycles. The van der Waals surface area contributed by atoms with Crippen molar-refractivity contribution in [2.75, 3.05) is 0 Å². The Morgan fingerprint density at radius 1 is 1.67 bits per heavy atom. The number of rotatable bonds is 1. The van der Waals surface area contributed by atoms with Crippen molar-refractivity contribution in [1.82, 2.24) is 9.97 Å². The van der Waals surface area contributed by atoms with E-state index in [1.54, 1.807) is 0 Å². The van der Waals surface area contributed by atoms with Gasteiger partial charge < -0.3 is 10.1 Å². The van der Waals surface area contributed by atoms with E-state index in [0.717, 1.165) is 5.69 Å². The molecule has 50 valence electrons. The SMILES string of the molecule is CC(C)c1[nH]cnc1O. The van der Waals surface area contributed by atoms with Crippen LogP contribution in [0.5, 0.6) is 5.88 Å². The second-order valence-electron chi connectivity index (χ2n) is 2.29. The summed E-state index contributed by atoms with van der Waals surface area (Å²) in [7, 11) is 0. The fourth-order valence-corrected chi connectivity index (χ4v) is 0.722. The van der Waals surface area contributed by atoms with Crippen molar-refractivity contribution in [3.63, 3.8) is 0 Å². The molecule has 0 atom stereocenters. The van der Waals surface area contributed by atoms with Gasteiger partial charge in [-0.1, -0.05) is 13.8 Å². The molecule has 2 N–H and O–H groups in total. The molecule has 9 heavy (non-hydrogen) atoms. The average Bonchev–Trinajstić information content (AvgIpc) is 2.13. The Balaban J connectivity index is 2.94. The molecule has 0 fully saturated rings. The molecule has 1 rings (SSSR count). The van der Waals surface area contributed by atoms with E-state index in [1.165, 1.54) is 6.33 Å². The van der Waals surface area contributed by atoms with Crippen LogP contribution in [0.3, 0.4) is 0 Å². The number of imidazole rings is 1. The minimum atomic E-state index is 0.116. The molecule has 3 heteroatoms. The molecule has 0 unspecified atom stereocenters. The molecule has 1 aromatic rings. The van der Waals surface area contributed by atoms with E-state index in [-0.39, 0.29) is 5.88 Å². The Morgan fingerprint density at radius 2 is 2.33 bits per heavy atom. The summed E-state index contributed by atoms with van der Waals surface area (Å²) in [6.07, 6.45) is 1.49. The van der Waals surface area contributed by atoms with Crippen LogP contribution in [-0.4, -0.2) is 15.1 Å². The quantitative estimate of drug-likeness (QED) is 0.594. The lowest BCUT2D eigenvalue weighted by Gasteiger charge is -1.98. The Bertz CT molecular complexity index is 193. The van der Waals surface area contributed by atoms with Crippen LogP contribution in [0, 0.1) is 0 Å².